The van der Waals surface area contributed by atoms with Gasteiger partial charge in [0.05, 0.1) is 13.2 Å². The van der Waals surface area contributed by atoms with E-state index in [1.165, 1.54) is 0 Å². The molecule has 0 saturated heterocycles. The molecule has 0 heterocycles. The molecular weight excluding hydrogens is 257 g/mol. The minimum absolute atomic E-state index is 0.501. The molecule has 1 rings (SSSR count). The Hall–Kier alpha value is -0.280. The molecular formula is C13H19Cl2NO. The molecule has 2 nitrogen and oxygen atoms in total. The molecule has 17 heavy (non-hydrogen) atoms. The molecule has 0 atom stereocenters. The molecule has 96 valence electrons. The maximum atomic E-state index is 6.05. The first-order chi connectivity index (χ1) is 8.09. The van der Waals surface area contributed by atoms with Gasteiger partial charge in [-0.2, -0.15) is 0 Å². The van der Waals surface area contributed by atoms with Crippen molar-refractivity contribution in [3.05, 3.63) is 33.8 Å². The molecule has 4 heteroatoms. The first-order valence-corrected chi connectivity index (χ1v) is 6.60. The molecule has 0 unspecified atom stereocenters. The number of benzene rings is 1. The summed E-state index contributed by atoms with van der Waals surface area (Å²) in [5, 5.41) is 4.75. The topological polar surface area (TPSA) is 21.3 Å². The van der Waals surface area contributed by atoms with Gasteiger partial charge in [-0.05, 0) is 30.2 Å². The van der Waals surface area contributed by atoms with Gasteiger partial charge in [-0.3, -0.25) is 0 Å². The summed E-state index contributed by atoms with van der Waals surface area (Å²) < 4.78 is 5.52. The lowest BCUT2D eigenvalue weighted by Crippen LogP contribution is -2.26. The normalized spacial score (nSPS) is 11.1. The van der Waals surface area contributed by atoms with Crippen LogP contribution in [0.3, 0.4) is 0 Å². The fraction of sp³-hybridized carbons (Fsp3) is 0.538. The molecule has 1 aromatic carbocycles. The zero-order chi connectivity index (χ0) is 12.7. The second-order valence-electron chi connectivity index (χ2n) is 4.21. The standard InChI is InChI=1S/C13H19Cl2NO/c1-10(2)16-6-8-17-7-5-11-9-12(14)3-4-13(11)15/h3-4,9-10,16H,5-8H2,1-2H3. The number of halogens is 2. The predicted octanol–water partition coefficient (Wildman–Crippen LogP) is 3.55. The summed E-state index contributed by atoms with van der Waals surface area (Å²) in [5.41, 5.74) is 1.04. The molecule has 0 saturated carbocycles. The number of hydrogen-bond acceptors (Lipinski definition) is 2. The van der Waals surface area contributed by atoms with Gasteiger partial charge in [-0.15, -0.1) is 0 Å². The highest BCUT2D eigenvalue weighted by molar-refractivity contribution is 6.33. The molecule has 0 aliphatic heterocycles. The van der Waals surface area contributed by atoms with E-state index in [-0.39, 0.29) is 0 Å². The van der Waals surface area contributed by atoms with E-state index in [1.807, 2.05) is 12.1 Å². The van der Waals surface area contributed by atoms with Crippen molar-refractivity contribution in [2.75, 3.05) is 19.8 Å². The van der Waals surface area contributed by atoms with Gasteiger partial charge in [-0.25, -0.2) is 0 Å². The Morgan fingerprint density at radius 2 is 2.00 bits per heavy atom. The van der Waals surface area contributed by atoms with E-state index in [0.29, 0.717) is 17.7 Å². The smallest absolute Gasteiger partial charge is 0.0591 e. The average molecular weight is 276 g/mol. The van der Waals surface area contributed by atoms with Crippen molar-refractivity contribution in [1.29, 1.82) is 0 Å². The van der Waals surface area contributed by atoms with Crippen molar-refractivity contribution in [2.45, 2.75) is 26.3 Å². The summed E-state index contributed by atoms with van der Waals surface area (Å²) in [6.07, 6.45) is 0.793. The highest BCUT2D eigenvalue weighted by Gasteiger charge is 2.01. The van der Waals surface area contributed by atoms with Crippen molar-refractivity contribution in [2.24, 2.45) is 0 Å². The second kappa shape index (κ2) is 7.93. The minimum atomic E-state index is 0.501. The summed E-state index contributed by atoms with van der Waals surface area (Å²) in [6, 6.07) is 6.00. The van der Waals surface area contributed by atoms with Crippen molar-refractivity contribution in [3.63, 3.8) is 0 Å². The van der Waals surface area contributed by atoms with Crippen LogP contribution in [0.25, 0.3) is 0 Å². The zero-order valence-electron chi connectivity index (χ0n) is 10.3. The van der Waals surface area contributed by atoms with E-state index in [4.69, 9.17) is 27.9 Å². The molecule has 0 aromatic heterocycles. The fourth-order valence-electron chi connectivity index (χ4n) is 1.44. The Bertz CT molecular complexity index is 342. The zero-order valence-corrected chi connectivity index (χ0v) is 11.8. The van der Waals surface area contributed by atoms with E-state index in [9.17, 15) is 0 Å². The Morgan fingerprint density at radius 3 is 2.71 bits per heavy atom. The number of ether oxygens (including phenoxy) is 1. The summed E-state index contributed by atoms with van der Waals surface area (Å²) in [7, 11) is 0. The molecule has 0 bridgehead atoms. The summed E-state index contributed by atoms with van der Waals surface area (Å²) in [6.45, 7) is 6.49. The van der Waals surface area contributed by atoms with Crippen LogP contribution in [0, 0.1) is 0 Å². The third-order valence-electron chi connectivity index (χ3n) is 2.32. The third-order valence-corrected chi connectivity index (χ3v) is 2.93. The lowest BCUT2D eigenvalue weighted by molar-refractivity contribution is 0.137. The number of rotatable bonds is 7. The van der Waals surface area contributed by atoms with Crippen molar-refractivity contribution >= 4 is 23.2 Å². The van der Waals surface area contributed by atoms with E-state index in [0.717, 1.165) is 30.2 Å². The van der Waals surface area contributed by atoms with Crippen LogP contribution >= 0.6 is 23.2 Å². The lowest BCUT2D eigenvalue weighted by Gasteiger charge is -2.09. The molecule has 0 amide bonds. The predicted molar refractivity (Wildman–Crippen MR) is 74.1 cm³/mol. The lowest BCUT2D eigenvalue weighted by atomic mass is 10.2. The van der Waals surface area contributed by atoms with Crippen LogP contribution in [0.5, 0.6) is 0 Å². The Kier molecular flexibility index (Phi) is 6.90. The molecule has 0 aliphatic rings. The SMILES string of the molecule is CC(C)NCCOCCc1cc(Cl)ccc1Cl. The number of nitrogens with one attached hydrogen (secondary N) is 1. The van der Waals surface area contributed by atoms with Crippen LogP contribution in [0.4, 0.5) is 0 Å². The first-order valence-electron chi connectivity index (χ1n) is 5.84. The van der Waals surface area contributed by atoms with Crippen LogP contribution in [-0.2, 0) is 11.2 Å². The highest BCUT2D eigenvalue weighted by atomic mass is 35.5. The second-order valence-corrected chi connectivity index (χ2v) is 5.05. The Morgan fingerprint density at radius 1 is 1.24 bits per heavy atom. The maximum Gasteiger partial charge on any atom is 0.0591 e. The van der Waals surface area contributed by atoms with Gasteiger partial charge in [-0.1, -0.05) is 37.0 Å². The Labute approximate surface area is 113 Å². The van der Waals surface area contributed by atoms with Gasteiger partial charge < -0.3 is 10.1 Å². The van der Waals surface area contributed by atoms with Crippen LogP contribution < -0.4 is 5.32 Å². The van der Waals surface area contributed by atoms with Gasteiger partial charge in [0.15, 0.2) is 0 Å². The fourth-order valence-corrected chi connectivity index (χ4v) is 1.85. The summed E-state index contributed by atoms with van der Waals surface area (Å²) in [4.78, 5) is 0. The molecule has 1 aromatic rings. The monoisotopic (exact) mass is 275 g/mol. The van der Waals surface area contributed by atoms with Gasteiger partial charge in [0.25, 0.3) is 0 Å². The van der Waals surface area contributed by atoms with Gasteiger partial charge >= 0.3 is 0 Å². The first kappa shape index (κ1) is 14.8. The van der Waals surface area contributed by atoms with E-state index >= 15 is 0 Å². The van der Waals surface area contributed by atoms with Crippen LogP contribution in [0.2, 0.25) is 10.0 Å². The third kappa shape index (κ3) is 6.27. The quantitative estimate of drug-likeness (QED) is 0.769. The highest BCUT2D eigenvalue weighted by Crippen LogP contribution is 2.20. The number of hydrogen-bond donors (Lipinski definition) is 1. The molecule has 0 spiro atoms. The van der Waals surface area contributed by atoms with Crippen LogP contribution in [-0.4, -0.2) is 25.8 Å². The van der Waals surface area contributed by atoms with Crippen LogP contribution in [0.15, 0.2) is 18.2 Å². The van der Waals surface area contributed by atoms with E-state index < -0.39 is 0 Å². The Balaban J connectivity index is 2.20. The molecule has 0 radical (unpaired) electrons. The molecule has 0 fully saturated rings. The van der Waals surface area contributed by atoms with Crippen molar-refractivity contribution in [3.8, 4) is 0 Å². The molecule has 0 aliphatic carbocycles. The van der Waals surface area contributed by atoms with E-state index in [1.54, 1.807) is 6.07 Å². The minimum Gasteiger partial charge on any atom is -0.380 e. The van der Waals surface area contributed by atoms with Gasteiger partial charge in [0, 0.05) is 22.6 Å². The van der Waals surface area contributed by atoms with Crippen molar-refractivity contribution in [1.82, 2.24) is 5.32 Å². The van der Waals surface area contributed by atoms with Crippen LogP contribution in [0.1, 0.15) is 19.4 Å². The summed E-state index contributed by atoms with van der Waals surface area (Å²) >= 11 is 12.0. The van der Waals surface area contributed by atoms with Gasteiger partial charge in [0.1, 0.15) is 0 Å². The largest absolute Gasteiger partial charge is 0.380 e. The maximum absolute atomic E-state index is 6.05. The van der Waals surface area contributed by atoms with Gasteiger partial charge in [0.2, 0.25) is 0 Å². The van der Waals surface area contributed by atoms with Crippen molar-refractivity contribution < 1.29 is 4.74 Å². The summed E-state index contributed by atoms with van der Waals surface area (Å²) in [5.74, 6) is 0. The molecule has 1 N–H and O–H groups in total. The average Bonchev–Trinajstić information content (AvgIpc) is 2.27. The van der Waals surface area contributed by atoms with E-state index in [2.05, 4.69) is 19.2 Å².